The van der Waals surface area contributed by atoms with Crippen LogP contribution >= 0.6 is 0 Å². The van der Waals surface area contributed by atoms with Crippen molar-refractivity contribution in [3.8, 4) is 5.75 Å². The van der Waals surface area contributed by atoms with Crippen molar-refractivity contribution >= 4 is 23.4 Å². The van der Waals surface area contributed by atoms with Crippen LogP contribution in [0.15, 0.2) is 24.3 Å². The summed E-state index contributed by atoms with van der Waals surface area (Å²) in [6.45, 7) is 3.29. The lowest BCUT2D eigenvalue weighted by molar-refractivity contribution is -0.274. The summed E-state index contributed by atoms with van der Waals surface area (Å²) in [6.07, 6.45) is -4.78. The topological polar surface area (TPSA) is 100 Å². The van der Waals surface area contributed by atoms with E-state index >= 15 is 0 Å². The van der Waals surface area contributed by atoms with Crippen molar-refractivity contribution < 1.29 is 37.0 Å². The Morgan fingerprint density at radius 2 is 1.68 bits per heavy atom. The fourth-order valence-electron chi connectivity index (χ4n) is 3.02. The molecule has 12 heteroatoms. The molecule has 0 radical (unpaired) electrons. The van der Waals surface area contributed by atoms with Crippen molar-refractivity contribution in [1.29, 1.82) is 0 Å². The van der Waals surface area contributed by atoms with Gasteiger partial charge in [-0.25, -0.2) is 0 Å². The van der Waals surface area contributed by atoms with Crippen LogP contribution in [0.3, 0.4) is 0 Å². The van der Waals surface area contributed by atoms with Gasteiger partial charge in [0.05, 0.1) is 6.54 Å². The van der Waals surface area contributed by atoms with Gasteiger partial charge in [0.25, 0.3) is 0 Å². The highest BCUT2D eigenvalue weighted by atomic mass is 19.4. The number of nitrogens with zero attached hydrogens (tertiary/aromatic N) is 2. The number of anilines is 1. The molecule has 0 aliphatic carbocycles. The molecule has 172 valence electrons. The Morgan fingerprint density at radius 3 is 2.23 bits per heavy atom. The molecule has 1 heterocycles. The third kappa shape index (κ3) is 8.42. The second-order valence-electron chi connectivity index (χ2n) is 6.94. The molecule has 1 aliphatic heterocycles. The van der Waals surface area contributed by atoms with Crippen molar-refractivity contribution in [3.05, 3.63) is 24.3 Å². The minimum Gasteiger partial charge on any atom is -0.406 e. The van der Waals surface area contributed by atoms with E-state index in [0.29, 0.717) is 31.9 Å². The highest BCUT2D eigenvalue weighted by Gasteiger charge is 2.31. The second kappa shape index (κ2) is 11.0. The van der Waals surface area contributed by atoms with Gasteiger partial charge in [0.1, 0.15) is 18.4 Å². The molecule has 0 spiro atoms. The Morgan fingerprint density at radius 1 is 1.06 bits per heavy atom. The van der Waals surface area contributed by atoms with Crippen molar-refractivity contribution in [2.45, 2.75) is 19.3 Å². The summed E-state index contributed by atoms with van der Waals surface area (Å²) in [5.74, 6) is -1.30. The molecule has 1 atom stereocenters. The van der Waals surface area contributed by atoms with Crippen LogP contribution in [0, 0.1) is 0 Å². The molecule has 0 aromatic heterocycles. The average molecular weight is 446 g/mol. The summed E-state index contributed by atoms with van der Waals surface area (Å²) in [7, 11) is 1.39. The molecular formula is C19H25F3N4O5. The van der Waals surface area contributed by atoms with Crippen molar-refractivity contribution in [2.75, 3.05) is 51.8 Å². The minimum absolute atomic E-state index is 0.0724. The zero-order valence-corrected chi connectivity index (χ0v) is 17.2. The summed E-state index contributed by atoms with van der Waals surface area (Å²) < 4.78 is 45.0. The van der Waals surface area contributed by atoms with Crippen LogP contribution in [0.4, 0.5) is 18.9 Å². The van der Waals surface area contributed by atoms with E-state index in [4.69, 9.17) is 4.74 Å². The van der Waals surface area contributed by atoms with Crippen LogP contribution < -0.4 is 15.4 Å². The molecule has 1 aliphatic rings. The van der Waals surface area contributed by atoms with Gasteiger partial charge >= 0.3 is 6.36 Å². The molecule has 0 saturated carbocycles. The zero-order valence-electron chi connectivity index (χ0n) is 17.2. The number of benzene rings is 1. The smallest absolute Gasteiger partial charge is 0.406 e. The van der Waals surface area contributed by atoms with E-state index < -0.39 is 12.4 Å². The Labute approximate surface area is 177 Å². The number of hydrogen-bond acceptors (Lipinski definition) is 6. The number of hydrogen-bond donors (Lipinski definition) is 2. The Balaban J connectivity index is 1.75. The Hall–Kier alpha value is -2.86. The van der Waals surface area contributed by atoms with Gasteiger partial charge in [0.15, 0.2) is 0 Å². The largest absolute Gasteiger partial charge is 0.573 e. The Bertz CT molecular complexity index is 765. The molecule has 0 bridgehead atoms. The summed E-state index contributed by atoms with van der Waals surface area (Å²) in [5, 5.41) is 5.17. The van der Waals surface area contributed by atoms with E-state index in [1.165, 1.54) is 19.2 Å². The standard InChI is InChI=1S/C19H25F3N4O5/c1-13(23-17(28)12-30-2)18(29)26-9-7-25(8-10-26)11-16(27)24-14-3-5-15(6-4-14)31-19(20,21)22/h3-6,13H,7-12H2,1-2H3,(H,23,28)(H,24,27). The third-order valence-electron chi connectivity index (χ3n) is 4.45. The number of amides is 3. The van der Waals surface area contributed by atoms with Crippen LogP contribution in [0.2, 0.25) is 0 Å². The van der Waals surface area contributed by atoms with E-state index in [1.54, 1.807) is 11.8 Å². The number of carbonyl (C=O) groups is 3. The molecule has 2 rings (SSSR count). The fraction of sp³-hybridized carbons (Fsp3) is 0.526. The first-order valence-corrected chi connectivity index (χ1v) is 9.52. The summed E-state index contributed by atoms with van der Waals surface area (Å²) in [5.41, 5.74) is 0.342. The first-order chi connectivity index (χ1) is 14.6. The van der Waals surface area contributed by atoms with Crippen LogP contribution in [-0.2, 0) is 19.1 Å². The van der Waals surface area contributed by atoms with Crippen LogP contribution in [0.5, 0.6) is 5.75 Å². The maximum atomic E-state index is 12.4. The van der Waals surface area contributed by atoms with Gasteiger partial charge < -0.3 is 25.0 Å². The number of piperazine rings is 1. The Kier molecular flexibility index (Phi) is 8.63. The second-order valence-corrected chi connectivity index (χ2v) is 6.94. The zero-order chi connectivity index (χ0) is 23.0. The normalized spacial score (nSPS) is 15.8. The molecule has 1 fully saturated rings. The van der Waals surface area contributed by atoms with Gasteiger partial charge in [0.2, 0.25) is 17.7 Å². The lowest BCUT2D eigenvalue weighted by Gasteiger charge is -2.35. The maximum Gasteiger partial charge on any atom is 0.573 e. The van der Waals surface area contributed by atoms with Gasteiger partial charge in [-0.05, 0) is 31.2 Å². The molecule has 3 amide bonds. The van der Waals surface area contributed by atoms with Gasteiger partial charge in [-0.15, -0.1) is 13.2 Å². The predicted molar refractivity (Wildman–Crippen MR) is 104 cm³/mol. The lowest BCUT2D eigenvalue weighted by atomic mass is 10.2. The first-order valence-electron chi connectivity index (χ1n) is 9.52. The number of alkyl halides is 3. The van der Waals surface area contributed by atoms with Gasteiger partial charge in [-0.3, -0.25) is 19.3 Å². The summed E-state index contributed by atoms with van der Waals surface area (Å²) >= 11 is 0. The van der Waals surface area contributed by atoms with Crippen molar-refractivity contribution in [1.82, 2.24) is 15.1 Å². The van der Waals surface area contributed by atoms with Gasteiger partial charge in [-0.2, -0.15) is 0 Å². The maximum absolute atomic E-state index is 12.4. The number of halogens is 3. The summed E-state index contributed by atoms with van der Waals surface area (Å²) in [4.78, 5) is 39.6. The number of rotatable bonds is 8. The lowest BCUT2D eigenvalue weighted by Crippen LogP contribution is -2.55. The van der Waals surface area contributed by atoms with E-state index in [2.05, 4.69) is 15.4 Å². The molecule has 1 unspecified atom stereocenters. The minimum atomic E-state index is -4.78. The van der Waals surface area contributed by atoms with Gasteiger partial charge in [-0.1, -0.05) is 0 Å². The molecule has 1 aromatic carbocycles. The SMILES string of the molecule is COCC(=O)NC(C)C(=O)N1CCN(CC(=O)Nc2ccc(OC(F)(F)F)cc2)CC1. The third-order valence-corrected chi connectivity index (χ3v) is 4.45. The van der Waals surface area contributed by atoms with E-state index in [-0.39, 0.29) is 36.6 Å². The highest BCUT2D eigenvalue weighted by molar-refractivity contribution is 5.92. The number of nitrogens with one attached hydrogen (secondary N) is 2. The molecule has 1 aromatic rings. The monoisotopic (exact) mass is 446 g/mol. The van der Waals surface area contributed by atoms with Crippen LogP contribution in [0.1, 0.15) is 6.92 Å². The summed E-state index contributed by atoms with van der Waals surface area (Å²) in [6, 6.07) is 4.17. The molecule has 9 nitrogen and oxygen atoms in total. The first kappa shape index (κ1) is 24.4. The molecular weight excluding hydrogens is 421 g/mol. The van der Waals surface area contributed by atoms with Crippen LogP contribution in [-0.4, -0.2) is 86.4 Å². The van der Waals surface area contributed by atoms with Crippen LogP contribution in [0.25, 0.3) is 0 Å². The van der Waals surface area contributed by atoms with Crippen molar-refractivity contribution in [3.63, 3.8) is 0 Å². The number of carbonyl (C=O) groups excluding carboxylic acids is 3. The number of methoxy groups -OCH3 is 1. The number of ether oxygens (including phenoxy) is 2. The quantitative estimate of drug-likeness (QED) is 0.614. The highest BCUT2D eigenvalue weighted by Crippen LogP contribution is 2.23. The van der Waals surface area contributed by atoms with E-state index in [1.807, 2.05) is 4.90 Å². The van der Waals surface area contributed by atoms with E-state index in [0.717, 1.165) is 12.1 Å². The van der Waals surface area contributed by atoms with Gasteiger partial charge in [0, 0.05) is 39.0 Å². The molecule has 1 saturated heterocycles. The predicted octanol–water partition coefficient (Wildman–Crippen LogP) is 0.819. The molecule has 31 heavy (non-hydrogen) atoms. The molecule has 2 N–H and O–H groups in total. The average Bonchev–Trinajstić information content (AvgIpc) is 2.68. The fourth-order valence-corrected chi connectivity index (χ4v) is 3.02. The van der Waals surface area contributed by atoms with Crippen molar-refractivity contribution in [2.24, 2.45) is 0 Å². The van der Waals surface area contributed by atoms with E-state index in [9.17, 15) is 27.6 Å².